The van der Waals surface area contributed by atoms with Crippen molar-refractivity contribution in [2.75, 3.05) is 44.9 Å². The normalized spacial score (nSPS) is 26.2. The first-order valence-electron chi connectivity index (χ1n) is 9.08. The Hall–Kier alpha value is -1.54. The second-order valence-corrected chi connectivity index (χ2v) is 9.36. The number of methoxy groups -OCH3 is 1. The summed E-state index contributed by atoms with van der Waals surface area (Å²) < 4.78 is 29.8. The Labute approximate surface area is 154 Å². The number of piperazine rings is 1. The van der Waals surface area contributed by atoms with E-state index in [9.17, 15) is 8.42 Å². The van der Waals surface area contributed by atoms with Gasteiger partial charge in [0.2, 0.25) is 0 Å². The second kappa shape index (κ2) is 7.23. The SMILES string of the molecule is COCCN1CCN(Cc2ccc3ccccc3n2)[C@@H]2CS(=O)(=O)C[C@@H]21. The van der Waals surface area contributed by atoms with Gasteiger partial charge in [-0.05, 0) is 12.1 Å². The van der Waals surface area contributed by atoms with Gasteiger partial charge in [-0.15, -0.1) is 0 Å². The van der Waals surface area contributed by atoms with Gasteiger partial charge in [-0.3, -0.25) is 14.8 Å². The molecular weight excluding hydrogens is 350 g/mol. The van der Waals surface area contributed by atoms with E-state index < -0.39 is 9.84 Å². The molecule has 2 aromatic rings. The minimum atomic E-state index is -2.99. The van der Waals surface area contributed by atoms with Crippen molar-refractivity contribution in [1.82, 2.24) is 14.8 Å². The molecule has 0 amide bonds. The van der Waals surface area contributed by atoms with E-state index in [1.807, 2.05) is 18.2 Å². The van der Waals surface area contributed by atoms with Crippen LogP contribution >= 0.6 is 0 Å². The van der Waals surface area contributed by atoms with Gasteiger partial charge < -0.3 is 4.74 Å². The first-order valence-corrected chi connectivity index (χ1v) is 10.9. The Balaban J connectivity index is 1.54. The maximum absolute atomic E-state index is 12.3. The van der Waals surface area contributed by atoms with Gasteiger partial charge in [-0.2, -0.15) is 0 Å². The van der Waals surface area contributed by atoms with Crippen LogP contribution in [-0.2, 0) is 21.1 Å². The molecular formula is C19H25N3O3S. The van der Waals surface area contributed by atoms with Crippen molar-refractivity contribution in [2.45, 2.75) is 18.6 Å². The highest BCUT2D eigenvalue weighted by atomic mass is 32.2. The summed E-state index contributed by atoms with van der Waals surface area (Å²) in [5.74, 6) is 0.498. The van der Waals surface area contributed by atoms with Crippen LogP contribution in [0, 0.1) is 0 Å². The lowest BCUT2D eigenvalue weighted by atomic mass is 10.0. The molecule has 4 rings (SSSR count). The molecule has 6 nitrogen and oxygen atoms in total. The highest BCUT2D eigenvalue weighted by Crippen LogP contribution is 2.28. The lowest BCUT2D eigenvalue weighted by molar-refractivity contribution is 0.0247. The monoisotopic (exact) mass is 375 g/mol. The third-order valence-corrected chi connectivity index (χ3v) is 7.21. The van der Waals surface area contributed by atoms with Crippen LogP contribution in [-0.4, -0.2) is 80.1 Å². The zero-order valence-corrected chi connectivity index (χ0v) is 15.9. The number of nitrogens with zero attached hydrogens (tertiary/aromatic N) is 3. The Bertz CT molecular complexity index is 886. The van der Waals surface area contributed by atoms with E-state index in [1.165, 1.54) is 0 Å². The van der Waals surface area contributed by atoms with Crippen molar-refractivity contribution >= 4 is 20.7 Å². The topological polar surface area (TPSA) is 62.7 Å². The maximum Gasteiger partial charge on any atom is 0.153 e. The number of pyridine rings is 1. The molecule has 0 aliphatic carbocycles. The van der Waals surface area contributed by atoms with Crippen molar-refractivity contribution in [3.8, 4) is 0 Å². The number of aromatic nitrogens is 1. The number of ether oxygens (including phenoxy) is 1. The van der Waals surface area contributed by atoms with Gasteiger partial charge in [0.15, 0.2) is 9.84 Å². The number of fused-ring (bicyclic) bond motifs is 2. The number of hydrogen-bond donors (Lipinski definition) is 0. The van der Waals surface area contributed by atoms with E-state index in [0.717, 1.165) is 36.2 Å². The summed E-state index contributed by atoms with van der Waals surface area (Å²) in [4.78, 5) is 9.35. The Morgan fingerprint density at radius 2 is 1.81 bits per heavy atom. The molecule has 2 saturated heterocycles. The lowest BCUT2D eigenvalue weighted by Gasteiger charge is -2.43. The summed E-state index contributed by atoms with van der Waals surface area (Å²) in [5, 5.41) is 1.13. The molecule has 2 atom stereocenters. The molecule has 7 heteroatoms. The minimum absolute atomic E-state index is 0.0406. The molecule has 1 aromatic carbocycles. The van der Waals surface area contributed by atoms with E-state index in [0.29, 0.717) is 13.2 Å². The fourth-order valence-electron chi connectivity index (χ4n) is 4.18. The van der Waals surface area contributed by atoms with Gasteiger partial charge in [0.25, 0.3) is 0 Å². The minimum Gasteiger partial charge on any atom is -0.383 e. The molecule has 1 aromatic heterocycles. The van der Waals surface area contributed by atoms with Gasteiger partial charge in [0.1, 0.15) is 0 Å². The third kappa shape index (κ3) is 3.62. The Morgan fingerprint density at radius 1 is 1.08 bits per heavy atom. The number of hydrogen-bond acceptors (Lipinski definition) is 6. The molecule has 0 spiro atoms. The van der Waals surface area contributed by atoms with Crippen LogP contribution in [0.15, 0.2) is 36.4 Å². The van der Waals surface area contributed by atoms with Crippen LogP contribution in [0.2, 0.25) is 0 Å². The van der Waals surface area contributed by atoms with Gasteiger partial charge in [-0.1, -0.05) is 24.3 Å². The average Bonchev–Trinajstić information content (AvgIpc) is 2.96. The summed E-state index contributed by atoms with van der Waals surface area (Å²) >= 11 is 0. The zero-order valence-electron chi connectivity index (χ0n) is 15.0. The van der Waals surface area contributed by atoms with Crippen LogP contribution < -0.4 is 0 Å². The summed E-state index contributed by atoms with van der Waals surface area (Å²) in [5.41, 5.74) is 1.98. The molecule has 2 aliphatic heterocycles. The number of sulfone groups is 1. The van der Waals surface area contributed by atoms with Gasteiger partial charge >= 0.3 is 0 Å². The van der Waals surface area contributed by atoms with Gasteiger partial charge in [0, 0.05) is 50.8 Å². The first-order chi connectivity index (χ1) is 12.6. The van der Waals surface area contributed by atoms with E-state index in [1.54, 1.807) is 7.11 Å². The molecule has 2 fully saturated rings. The van der Waals surface area contributed by atoms with E-state index in [-0.39, 0.29) is 23.6 Å². The van der Waals surface area contributed by atoms with Crippen molar-refractivity contribution in [1.29, 1.82) is 0 Å². The number of rotatable bonds is 5. The highest BCUT2D eigenvalue weighted by Gasteiger charge is 2.46. The Morgan fingerprint density at radius 3 is 2.62 bits per heavy atom. The highest BCUT2D eigenvalue weighted by molar-refractivity contribution is 7.91. The predicted octanol–water partition coefficient (Wildman–Crippen LogP) is 1.16. The fraction of sp³-hybridized carbons (Fsp3) is 0.526. The standard InChI is InChI=1S/C19H25N3O3S/c1-25-11-10-21-8-9-22(19-14-26(23,24)13-18(19)21)12-16-7-6-15-4-2-3-5-17(15)20-16/h2-7,18-19H,8-14H2,1H3/t18-,19+/m0/s1. The van der Waals surface area contributed by atoms with Crippen LogP contribution in [0.4, 0.5) is 0 Å². The third-order valence-electron chi connectivity index (χ3n) is 5.51. The fourth-order valence-corrected chi connectivity index (χ4v) is 6.23. The lowest BCUT2D eigenvalue weighted by Crippen LogP contribution is -2.59. The first kappa shape index (κ1) is 17.9. The molecule has 140 valence electrons. The largest absolute Gasteiger partial charge is 0.383 e. The molecule has 0 N–H and O–H groups in total. The van der Waals surface area contributed by atoms with Gasteiger partial charge in [-0.25, -0.2) is 8.42 Å². The molecule has 0 bridgehead atoms. The second-order valence-electron chi connectivity index (χ2n) is 7.21. The summed E-state index contributed by atoms with van der Waals surface area (Å²) in [6.45, 7) is 3.84. The van der Waals surface area contributed by atoms with Crippen molar-refractivity contribution in [2.24, 2.45) is 0 Å². The van der Waals surface area contributed by atoms with Crippen LogP contribution in [0.5, 0.6) is 0 Å². The maximum atomic E-state index is 12.3. The van der Waals surface area contributed by atoms with E-state index in [4.69, 9.17) is 9.72 Å². The molecule has 0 saturated carbocycles. The molecule has 2 aliphatic rings. The molecule has 0 radical (unpaired) electrons. The van der Waals surface area contributed by atoms with Crippen molar-refractivity contribution in [3.05, 3.63) is 42.1 Å². The zero-order chi connectivity index (χ0) is 18.1. The Kier molecular flexibility index (Phi) is 4.96. The summed E-state index contributed by atoms with van der Waals surface area (Å²) in [6.07, 6.45) is 0. The molecule has 26 heavy (non-hydrogen) atoms. The number of benzene rings is 1. The van der Waals surface area contributed by atoms with Crippen LogP contribution in [0.1, 0.15) is 5.69 Å². The average molecular weight is 375 g/mol. The van der Waals surface area contributed by atoms with E-state index >= 15 is 0 Å². The summed E-state index contributed by atoms with van der Waals surface area (Å²) in [6, 6.07) is 12.3. The molecule has 0 unspecified atom stereocenters. The van der Waals surface area contributed by atoms with Crippen LogP contribution in [0.3, 0.4) is 0 Å². The number of para-hydroxylation sites is 1. The quantitative estimate of drug-likeness (QED) is 0.782. The van der Waals surface area contributed by atoms with E-state index in [2.05, 4.69) is 28.0 Å². The predicted molar refractivity (Wildman–Crippen MR) is 102 cm³/mol. The molecule has 3 heterocycles. The van der Waals surface area contributed by atoms with Crippen molar-refractivity contribution < 1.29 is 13.2 Å². The van der Waals surface area contributed by atoms with Gasteiger partial charge in [0.05, 0.1) is 29.3 Å². The smallest absolute Gasteiger partial charge is 0.153 e. The van der Waals surface area contributed by atoms with Crippen LogP contribution in [0.25, 0.3) is 10.9 Å². The summed E-state index contributed by atoms with van der Waals surface area (Å²) in [7, 11) is -1.31. The van der Waals surface area contributed by atoms with Crippen molar-refractivity contribution in [3.63, 3.8) is 0 Å².